The quantitative estimate of drug-likeness (QED) is 0.437. The van der Waals surface area contributed by atoms with E-state index in [1.807, 2.05) is 28.8 Å². The number of amides is 2. The van der Waals surface area contributed by atoms with Crippen molar-refractivity contribution in [3.8, 4) is 0 Å². The summed E-state index contributed by atoms with van der Waals surface area (Å²) in [5, 5.41) is 6.19. The SMILES string of the molecule is O=C(Cn1c(CCNC(=O)c2ccc(Cl)cc2)nc2ccccc21)Nc1ccc(F)cc1. The maximum atomic E-state index is 13.1. The van der Waals surface area contributed by atoms with Gasteiger partial charge in [0.05, 0.1) is 11.0 Å². The third-order valence-electron chi connectivity index (χ3n) is 4.90. The van der Waals surface area contributed by atoms with E-state index in [0.29, 0.717) is 35.1 Å². The van der Waals surface area contributed by atoms with Gasteiger partial charge in [0.25, 0.3) is 5.91 Å². The summed E-state index contributed by atoms with van der Waals surface area (Å²) in [6.45, 7) is 0.392. The fourth-order valence-corrected chi connectivity index (χ4v) is 3.49. The van der Waals surface area contributed by atoms with Gasteiger partial charge in [0.2, 0.25) is 5.91 Å². The number of imidazole rings is 1. The van der Waals surface area contributed by atoms with Crippen molar-refractivity contribution < 1.29 is 14.0 Å². The summed E-state index contributed by atoms with van der Waals surface area (Å²) in [5.41, 5.74) is 2.61. The van der Waals surface area contributed by atoms with E-state index in [9.17, 15) is 14.0 Å². The van der Waals surface area contributed by atoms with Gasteiger partial charge in [-0.15, -0.1) is 0 Å². The molecule has 162 valence electrons. The Bertz CT molecular complexity index is 1250. The minimum atomic E-state index is -0.369. The summed E-state index contributed by atoms with van der Waals surface area (Å²) in [5.74, 6) is -0.159. The van der Waals surface area contributed by atoms with Crippen molar-refractivity contribution in [2.75, 3.05) is 11.9 Å². The van der Waals surface area contributed by atoms with Gasteiger partial charge in [-0.05, 0) is 60.7 Å². The van der Waals surface area contributed by atoms with Crippen LogP contribution in [0.5, 0.6) is 0 Å². The van der Waals surface area contributed by atoms with E-state index in [1.54, 1.807) is 24.3 Å². The van der Waals surface area contributed by atoms with Crippen molar-refractivity contribution >= 4 is 40.1 Å². The van der Waals surface area contributed by atoms with Gasteiger partial charge in [0.1, 0.15) is 18.2 Å². The topological polar surface area (TPSA) is 76.0 Å². The molecule has 4 rings (SSSR count). The Hall–Kier alpha value is -3.71. The van der Waals surface area contributed by atoms with E-state index in [2.05, 4.69) is 15.6 Å². The van der Waals surface area contributed by atoms with Crippen LogP contribution in [0.25, 0.3) is 11.0 Å². The van der Waals surface area contributed by atoms with E-state index in [4.69, 9.17) is 11.6 Å². The normalized spacial score (nSPS) is 10.8. The molecule has 1 heterocycles. The molecule has 0 unspecified atom stereocenters. The fraction of sp³-hybridized carbons (Fsp3) is 0.125. The number of hydrogen-bond donors (Lipinski definition) is 2. The zero-order chi connectivity index (χ0) is 22.5. The molecule has 2 N–H and O–H groups in total. The highest BCUT2D eigenvalue weighted by molar-refractivity contribution is 6.30. The Labute approximate surface area is 189 Å². The molecule has 0 aliphatic carbocycles. The third kappa shape index (κ3) is 5.12. The molecule has 0 radical (unpaired) electrons. The number of carbonyl (C=O) groups excluding carboxylic acids is 2. The van der Waals surface area contributed by atoms with Crippen LogP contribution in [0.15, 0.2) is 72.8 Å². The smallest absolute Gasteiger partial charge is 0.251 e. The maximum absolute atomic E-state index is 13.1. The van der Waals surface area contributed by atoms with E-state index in [1.165, 1.54) is 24.3 Å². The van der Waals surface area contributed by atoms with E-state index < -0.39 is 0 Å². The van der Waals surface area contributed by atoms with E-state index in [0.717, 1.165) is 11.0 Å². The number of nitrogens with zero attached hydrogens (tertiary/aromatic N) is 2. The third-order valence-corrected chi connectivity index (χ3v) is 5.16. The van der Waals surface area contributed by atoms with Crippen molar-refractivity contribution in [1.29, 1.82) is 0 Å². The Balaban J connectivity index is 1.46. The highest BCUT2D eigenvalue weighted by Crippen LogP contribution is 2.17. The molecule has 0 fully saturated rings. The second kappa shape index (κ2) is 9.62. The van der Waals surface area contributed by atoms with Gasteiger partial charge in [0.15, 0.2) is 0 Å². The molecule has 6 nitrogen and oxygen atoms in total. The number of nitrogens with one attached hydrogen (secondary N) is 2. The van der Waals surface area contributed by atoms with E-state index in [-0.39, 0.29) is 24.2 Å². The van der Waals surface area contributed by atoms with Crippen LogP contribution in [-0.4, -0.2) is 27.9 Å². The van der Waals surface area contributed by atoms with Crippen LogP contribution in [0.4, 0.5) is 10.1 Å². The Morgan fingerprint density at radius 2 is 1.69 bits per heavy atom. The van der Waals surface area contributed by atoms with Gasteiger partial charge in [-0.1, -0.05) is 23.7 Å². The molecule has 0 saturated carbocycles. The first-order valence-electron chi connectivity index (χ1n) is 10.0. The molecule has 32 heavy (non-hydrogen) atoms. The maximum Gasteiger partial charge on any atom is 0.251 e. The Kier molecular flexibility index (Phi) is 6.47. The molecule has 0 saturated heterocycles. The zero-order valence-electron chi connectivity index (χ0n) is 17.0. The first-order chi connectivity index (χ1) is 15.5. The van der Waals surface area contributed by atoms with Crippen molar-refractivity contribution in [1.82, 2.24) is 14.9 Å². The Morgan fingerprint density at radius 3 is 2.44 bits per heavy atom. The lowest BCUT2D eigenvalue weighted by Crippen LogP contribution is -2.27. The van der Waals surface area contributed by atoms with E-state index >= 15 is 0 Å². The lowest BCUT2D eigenvalue weighted by atomic mass is 10.2. The van der Waals surface area contributed by atoms with Gasteiger partial charge < -0.3 is 15.2 Å². The molecule has 0 aliphatic rings. The number of halogens is 2. The molecule has 0 aliphatic heterocycles. The minimum Gasteiger partial charge on any atom is -0.352 e. The second-order valence-electron chi connectivity index (χ2n) is 7.17. The summed E-state index contributed by atoms with van der Waals surface area (Å²) in [6.07, 6.45) is 0.442. The van der Waals surface area contributed by atoms with Crippen LogP contribution in [0.2, 0.25) is 5.02 Å². The molecule has 0 spiro atoms. The average molecular weight is 451 g/mol. The molecule has 2 amide bonds. The Morgan fingerprint density at radius 1 is 0.969 bits per heavy atom. The van der Waals surface area contributed by atoms with Gasteiger partial charge in [-0.3, -0.25) is 9.59 Å². The number of benzene rings is 3. The highest BCUT2D eigenvalue weighted by atomic mass is 35.5. The molecular formula is C24H20ClFN4O2. The summed E-state index contributed by atoms with van der Waals surface area (Å²) in [4.78, 5) is 29.6. The molecule has 4 aromatic rings. The largest absolute Gasteiger partial charge is 0.352 e. The van der Waals surface area contributed by atoms with Crippen LogP contribution in [0.1, 0.15) is 16.2 Å². The van der Waals surface area contributed by atoms with Crippen molar-refractivity contribution in [2.24, 2.45) is 0 Å². The average Bonchev–Trinajstić information content (AvgIpc) is 3.13. The number of fused-ring (bicyclic) bond motifs is 1. The summed E-state index contributed by atoms with van der Waals surface area (Å²) in [7, 11) is 0. The number of rotatable bonds is 7. The number of carbonyl (C=O) groups is 2. The van der Waals surface area contributed by atoms with Crippen LogP contribution in [0, 0.1) is 5.82 Å². The molecule has 1 aromatic heterocycles. The number of anilines is 1. The summed E-state index contributed by atoms with van der Waals surface area (Å²) >= 11 is 5.86. The summed E-state index contributed by atoms with van der Waals surface area (Å²) < 4.78 is 14.9. The van der Waals surface area contributed by atoms with Gasteiger partial charge in [-0.2, -0.15) is 0 Å². The lowest BCUT2D eigenvalue weighted by molar-refractivity contribution is -0.116. The molecule has 0 bridgehead atoms. The molecular weight excluding hydrogens is 431 g/mol. The van der Waals surface area contributed by atoms with Gasteiger partial charge in [0, 0.05) is 29.2 Å². The second-order valence-corrected chi connectivity index (χ2v) is 7.61. The zero-order valence-corrected chi connectivity index (χ0v) is 17.8. The fourth-order valence-electron chi connectivity index (χ4n) is 3.36. The van der Waals surface area contributed by atoms with Crippen molar-refractivity contribution in [3.05, 3.63) is 95.0 Å². The van der Waals surface area contributed by atoms with Crippen LogP contribution >= 0.6 is 11.6 Å². The van der Waals surface area contributed by atoms with Crippen molar-refractivity contribution in [3.63, 3.8) is 0 Å². The van der Waals surface area contributed by atoms with Crippen LogP contribution < -0.4 is 10.6 Å². The number of para-hydroxylation sites is 2. The first-order valence-corrected chi connectivity index (χ1v) is 10.4. The lowest BCUT2D eigenvalue weighted by Gasteiger charge is -2.11. The molecule has 8 heteroatoms. The van der Waals surface area contributed by atoms with Gasteiger partial charge >= 0.3 is 0 Å². The number of aromatic nitrogens is 2. The van der Waals surface area contributed by atoms with Crippen molar-refractivity contribution in [2.45, 2.75) is 13.0 Å². The van der Waals surface area contributed by atoms with Crippen LogP contribution in [0.3, 0.4) is 0 Å². The predicted molar refractivity (Wildman–Crippen MR) is 122 cm³/mol. The minimum absolute atomic E-state index is 0.0400. The molecule has 3 aromatic carbocycles. The highest BCUT2D eigenvalue weighted by Gasteiger charge is 2.14. The monoisotopic (exact) mass is 450 g/mol. The molecule has 0 atom stereocenters. The first kappa shape index (κ1) is 21.5. The standard InChI is InChI=1S/C24H20ClFN4O2/c25-17-7-5-16(6-8-17)24(32)27-14-13-22-29-20-3-1-2-4-21(20)30(22)15-23(31)28-19-11-9-18(26)10-12-19/h1-12H,13-15H2,(H,27,32)(H,28,31). The summed E-state index contributed by atoms with van der Waals surface area (Å²) in [6, 6.07) is 19.8. The predicted octanol–water partition coefficient (Wildman–Crippen LogP) is 4.44. The van der Waals surface area contributed by atoms with Crippen LogP contribution in [-0.2, 0) is 17.8 Å². The number of hydrogen-bond acceptors (Lipinski definition) is 3. The van der Waals surface area contributed by atoms with Gasteiger partial charge in [-0.25, -0.2) is 9.37 Å².